The number of nitrogens with one attached hydrogen (secondary N) is 1. The molecule has 64 valence electrons. The van der Waals surface area contributed by atoms with Crippen LogP contribution in [0.5, 0.6) is 0 Å². The van der Waals surface area contributed by atoms with Crippen molar-refractivity contribution >= 4 is 0 Å². The van der Waals surface area contributed by atoms with E-state index >= 15 is 0 Å². The molecular formula is C9H17NO. The molecule has 2 nitrogen and oxygen atoms in total. The van der Waals surface area contributed by atoms with Gasteiger partial charge in [0.2, 0.25) is 0 Å². The molecule has 2 rings (SSSR count). The van der Waals surface area contributed by atoms with Crippen LogP contribution < -0.4 is 5.32 Å². The van der Waals surface area contributed by atoms with Gasteiger partial charge < -0.3 is 10.1 Å². The van der Waals surface area contributed by atoms with Crippen LogP contribution in [0.4, 0.5) is 0 Å². The number of morpholine rings is 1. The van der Waals surface area contributed by atoms with Gasteiger partial charge in [0, 0.05) is 12.6 Å². The predicted octanol–water partition coefficient (Wildman–Crippen LogP) is 1.16. The standard InChI is InChI=1S/C9H17NO/c1-7-2-3-9-8(6-7)10-4-5-11-9/h7-10H,2-6H2,1H3. The monoisotopic (exact) mass is 155 g/mol. The summed E-state index contributed by atoms with van der Waals surface area (Å²) >= 11 is 0. The summed E-state index contributed by atoms with van der Waals surface area (Å²) in [5.41, 5.74) is 0. The van der Waals surface area contributed by atoms with Gasteiger partial charge in [-0.3, -0.25) is 0 Å². The Kier molecular flexibility index (Phi) is 2.14. The summed E-state index contributed by atoms with van der Waals surface area (Å²) in [6, 6.07) is 0.660. The molecule has 0 spiro atoms. The summed E-state index contributed by atoms with van der Waals surface area (Å²) in [5.74, 6) is 0.894. The smallest absolute Gasteiger partial charge is 0.0728 e. The molecule has 0 aromatic rings. The maximum absolute atomic E-state index is 5.67. The summed E-state index contributed by atoms with van der Waals surface area (Å²) in [6.45, 7) is 4.30. The topological polar surface area (TPSA) is 21.3 Å². The molecule has 1 aliphatic heterocycles. The molecule has 1 aliphatic carbocycles. The van der Waals surface area contributed by atoms with E-state index in [1.807, 2.05) is 0 Å². The zero-order valence-electron chi connectivity index (χ0n) is 7.18. The normalized spacial score (nSPS) is 45.0. The lowest BCUT2D eigenvalue weighted by atomic mass is 9.84. The lowest BCUT2D eigenvalue weighted by Crippen LogP contribution is -2.51. The van der Waals surface area contributed by atoms with Crippen molar-refractivity contribution in [2.45, 2.75) is 38.3 Å². The van der Waals surface area contributed by atoms with Crippen LogP contribution in [0.2, 0.25) is 0 Å². The minimum atomic E-state index is 0.528. The van der Waals surface area contributed by atoms with E-state index in [1.54, 1.807) is 0 Å². The molecule has 0 amide bonds. The highest BCUT2D eigenvalue weighted by atomic mass is 16.5. The van der Waals surface area contributed by atoms with Crippen LogP contribution in [-0.4, -0.2) is 25.3 Å². The SMILES string of the molecule is CC1CCC2OCCNC2C1. The van der Waals surface area contributed by atoms with Crippen molar-refractivity contribution in [3.8, 4) is 0 Å². The molecule has 0 bridgehead atoms. The Morgan fingerprint density at radius 3 is 3.18 bits per heavy atom. The first kappa shape index (κ1) is 7.56. The Bertz CT molecular complexity index is 138. The van der Waals surface area contributed by atoms with Gasteiger partial charge in [-0.1, -0.05) is 6.92 Å². The highest BCUT2D eigenvalue weighted by Gasteiger charge is 2.30. The van der Waals surface area contributed by atoms with Crippen LogP contribution >= 0.6 is 0 Å². The summed E-state index contributed by atoms with van der Waals surface area (Å²) in [5, 5.41) is 3.53. The Labute approximate surface area is 68.3 Å². The van der Waals surface area contributed by atoms with Gasteiger partial charge in [0.25, 0.3) is 0 Å². The third-order valence-electron chi connectivity index (χ3n) is 2.89. The van der Waals surface area contributed by atoms with Crippen LogP contribution in [0.1, 0.15) is 26.2 Å². The molecule has 1 heterocycles. The molecule has 11 heavy (non-hydrogen) atoms. The number of ether oxygens (including phenoxy) is 1. The number of fused-ring (bicyclic) bond motifs is 1. The first-order valence-corrected chi connectivity index (χ1v) is 4.71. The van der Waals surface area contributed by atoms with Gasteiger partial charge in [0.1, 0.15) is 0 Å². The number of hydrogen-bond acceptors (Lipinski definition) is 2. The van der Waals surface area contributed by atoms with E-state index in [0.29, 0.717) is 12.1 Å². The van der Waals surface area contributed by atoms with Gasteiger partial charge in [0.05, 0.1) is 12.7 Å². The minimum Gasteiger partial charge on any atom is -0.375 e. The Morgan fingerprint density at radius 2 is 2.27 bits per heavy atom. The zero-order valence-corrected chi connectivity index (χ0v) is 7.18. The molecule has 0 aromatic carbocycles. The number of rotatable bonds is 0. The molecule has 2 aliphatic rings. The lowest BCUT2D eigenvalue weighted by Gasteiger charge is -2.38. The van der Waals surface area contributed by atoms with Crippen molar-refractivity contribution in [3.05, 3.63) is 0 Å². The van der Waals surface area contributed by atoms with E-state index in [2.05, 4.69) is 12.2 Å². The van der Waals surface area contributed by atoms with E-state index < -0.39 is 0 Å². The summed E-state index contributed by atoms with van der Waals surface area (Å²) in [6.07, 6.45) is 4.45. The van der Waals surface area contributed by atoms with E-state index in [1.165, 1.54) is 19.3 Å². The van der Waals surface area contributed by atoms with Crippen LogP contribution in [0.3, 0.4) is 0 Å². The lowest BCUT2D eigenvalue weighted by molar-refractivity contribution is -0.0324. The Balaban J connectivity index is 1.93. The van der Waals surface area contributed by atoms with Crippen molar-refractivity contribution < 1.29 is 4.74 Å². The summed E-state index contributed by atoms with van der Waals surface area (Å²) < 4.78 is 5.67. The van der Waals surface area contributed by atoms with Crippen molar-refractivity contribution in [1.29, 1.82) is 0 Å². The first-order chi connectivity index (χ1) is 5.36. The van der Waals surface area contributed by atoms with Crippen LogP contribution in [0, 0.1) is 5.92 Å². The van der Waals surface area contributed by atoms with Gasteiger partial charge in [-0.05, 0) is 25.2 Å². The predicted molar refractivity (Wildman–Crippen MR) is 44.5 cm³/mol. The van der Waals surface area contributed by atoms with Crippen LogP contribution in [0.15, 0.2) is 0 Å². The maximum Gasteiger partial charge on any atom is 0.0728 e. The fourth-order valence-corrected chi connectivity index (χ4v) is 2.22. The van der Waals surface area contributed by atoms with Crippen molar-refractivity contribution in [1.82, 2.24) is 5.32 Å². The second-order valence-electron chi connectivity index (χ2n) is 3.89. The van der Waals surface area contributed by atoms with E-state index in [4.69, 9.17) is 4.74 Å². The van der Waals surface area contributed by atoms with Gasteiger partial charge in [-0.2, -0.15) is 0 Å². The first-order valence-electron chi connectivity index (χ1n) is 4.71. The average molecular weight is 155 g/mol. The van der Waals surface area contributed by atoms with Crippen LogP contribution in [-0.2, 0) is 4.74 Å². The minimum absolute atomic E-state index is 0.528. The fraction of sp³-hybridized carbons (Fsp3) is 1.00. The largest absolute Gasteiger partial charge is 0.375 e. The molecule has 1 saturated carbocycles. The Hall–Kier alpha value is -0.0800. The molecule has 3 atom stereocenters. The molecule has 1 N–H and O–H groups in total. The third-order valence-corrected chi connectivity index (χ3v) is 2.89. The van der Waals surface area contributed by atoms with Gasteiger partial charge in [-0.15, -0.1) is 0 Å². The Morgan fingerprint density at radius 1 is 1.36 bits per heavy atom. The van der Waals surface area contributed by atoms with Gasteiger partial charge in [0.15, 0.2) is 0 Å². The summed E-state index contributed by atoms with van der Waals surface area (Å²) in [7, 11) is 0. The van der Waals surface area contributed by atoms with Crippen molar-refractivity contribution in [3.63, 3.8) is 0 Å². The molecule has 0 aromatic heterocycles. The van der Waals surface area contributed by atoms with Crippen molar-refractivity contribution in [2.75, 3.05) is 13.2 Å². The second-order valence-corrected chi connectivity index (χ2v) is 3.89. The summed E-state index contributed by atoms with van der Waals surface area (Å²) in [4.78, 5) is 0. The molecule has 1 saturated heterocycles. The van der Waals surface area contributed by atoms with Gasteiger partial charge >= 0.3 is 0 Å². The molecule has 2 heteroatoms. The third kappa shape index (κ3) is 1.57. The van der Waals surface area contributed by atoms with E-state index in [0.717, 1.165) is 19.1 Å². The van der Waals surface area contributed by atoms with Gasteiger partial charge in [-0.25, -0.2) is 0 Å². The average Bonchev–Trinajstić information content (AvgIpc) is 2.04. The fourth-order valence-electron chi connectivity index (χ4n) is 2.22. The highest BCUT2D eigenvalue weighted by Crippen LogP contribution is 2.27. The highest BCUT2D eigenvalue weighted by molar-refractivity contribution is 4.86. The number of hydrogen-bond donors (Lipinski definition) is 1. The zero-order chi connectivity index (χ0) is 7.68. The maximum atomic E-state index is 5.67. The molecule has 3 unspecified atom stereocenters. The van der Waals surface area contributed by atoms with E-state index in [-0.39, 0.29) is 0 Å². The van der Waals surface area contributed by atoms with Crippen LogP contribution in [0.25, 0.3) is 0 Å². The molecular weight excluding hydrogens is 138 g/mol. The second kappa shape index (κ2) is 3.11. The quantitative estimate of drug-likeness (QED) is 0.567. The molecule has 0 radical (unpaired) electrons. The van der Waals surface area contributed by atoms with E-state index in [9.17, 15) is 0 Å². The molecule has 2 fully saturated rings. The van der Waals surface area contributed by atoms with Crippen molar-refractivity contribution in [2.24, 2.45) is 5.92 Å².